The fourth-order valence-corrected chi connectivity index (χ4v) is 3.83. The number of rotatable bonds is 7. The van der Waals surface area contributed by atoms with Crippen LogP contribution >= 0.6 is 0 Å². The number of likely N-dealkylation sites (N-methyl/N-ethyl adjacent to an activating group) is 1. The Bertz CT molecular complexity index is 1060. The number of oxazole rings is 1. The molecular formula is C23H28N4O3. The largest absolute Gasteiger partial charge is 0.419 e. The van der Waals surface area contributed by atoms with Gasteiger partial charge in [-0.15, -0.1) is 0 Å². The summed E-state index contributed by atoms with van der Waals surface area (Å²) in [6.07, 6.45) is 0.227. The van der Waals surface area contributed by atoms with Gasteiger partial charge >= 0.3 is 5.76 Å². The van der Waals surface area contributed by atoms with Gasteiger partial charge in [-0.25, -0.2) is 4.79 Å². The van der Waals surface area contributed by atoms with Crippen LogP contribution in [0.15, 0.2) is 57.7 Å². The molecule has 2 heterocycles. The number of amides is 1. The lowest BCUT2D eigenvalue weighted by Crippen LogP contribution is -2.43. The Kier molecular flexibility index (Phi) is 6.30. The molecule has 1 aromatic heterocycles. The van der Waals surface area contributed by atoms with Crippen molar-refractivity contribution in [2.75, 3.05) is 33.2 Å². The fraction of sp³-hybridized carbons (Fsp3) is 0.391. The monoisotopic (exact) mass is 408 g/mol. The Hall–Kier alpha value is -2.90. The van der Waals surface area contributed by atoms with Crippen LogP contribution in [0, 0.1) is 0 Å². The first kappa shape index (κ1) is 20.4. The van der Waals surface area contributed by atoms with Crippen molar-refractivity contribution in [1.29, 1.82) is 0 Å². The number of benzene rings is 2. The number of carbonyl (C=O) groups excluding carboxylic acids is 1. The van der Waals surface area contributed by atoms with Crippen molar-refractivity contribution in [1.82, 2.24) is 19.7 Å². The molecule has 3 aromatic rings. The molecule has 4 rings (SSSR count). The van der Waals surface area contributed by atoms with Crippen molar-refractivity contribution in [3.63, 3.8) is 0 Å². The van der Waals surface area contributed by atoms with Crippen molar-refractivity contribution in [3.8, 4) is 0 Å². The number of aryl methyl sites for hydroxylation is 1. The Morgan fingerprint density at radius 1 is 1.03 bits per heavy atom. The minimum Gasteiger partial charge on any atom is -0.408 e. The maximum absolute atomic E-state index is 12.3. The maximum Gasteiger partial charge on any atom is 0.419 e. The predicted octanol–water partition coefficient (Wildman–Crippen LogP) is 2.05. The number of para-hydroxylation sites is 2. The summed E-state index contributed by atoms with van der Waals surface area (Å²) in [5, 5.41) is 2.96. The zero-order chi connectivity index (χ0) is 20.9. The number of fused-ring (bicyclic) bond motifs is 1. The molecular weight excluding hydrogens is 380 g/mol. The molecule has 0 bridgehead atoms. The van der Waals surface area contributed by atoms with E-state index in [-0.39, 0.29) is 12.3 Å². The molecule has 1 fully saturated rings. The van der Waals surface area contributed by atoms with E-state index >= 15 is 0 Å². The summed E-state index contributed by atoms with van der Waals surface area (Å²) in [6, 6.07) is 15.6. The quantitative estimate of drug-likeness (QED) is 0.648. The van der Waals surface area contributed by atoms with Gasteiger partial charge in [0.05, 0.1) is 5.52 Å². The molecule has 30 heavy (non-hydrogen) atoms. The van der Waals surface area contributed by atoms with Crippen LogP contribution in [0.25, 0.3) is 11.1 Å². The molecule has 158 valence electrons. The standard InChI is InChI=1S/C23H28N4O3/c1-25-11-13-26(14-12-25)17-19-6-4-5-18(15-19)16-24-22(28)9-10-27-20-7-2-3-8-21(20)30-23(27)29/h2-8,15H,9-14,16-17H2,1H3,(H,24,28). The van der Waals surface area contributed by atoms with E-state index in [1.165, 1.54) is 10.1 Å². The lowest BCUT2D eigenvalue weighted by Gasteiger charge is -2.32. The Balaban J connectivity index is 1.28. The van der Waals surface area contributed by atoms with Gasteiger partial charge in [0.15, 0.2) is 5.58 Å². The third kappa shape index (κ3) is 4.98. The Morgan fingerprint density at radius 2 is 1.80 bits per heavy atom. The third-order valence-electron chi connectivity index (χ3n) is 5.62. The van der Waals surface area contributed by atoms with Crippen molar-refractivity contribution in [3.05, 3.63) is 70.2 Å². The molecule has 1 amide bonds. The van der Waals surface area contributed by atoms with Gasteiger partial charge in [0.25, 0.3) is 0 Å². The van der Waals surface area contributed by atoms with Gasteiger partial charge in [-0.1, -0.05) is 36.4 Å². The van der Waals surface area contributed by atoms with E-state index < -0.39 is 5.76 Å². The first-order chi connectivity index (χ1) is 14.6. The van der Waals surface area contributed by atoms with Crippen LogP contribution in [0.2, 0.25) is 0 Å². The normalized spacial score (nSPS) is 15.5. The average Bonchev–Trinajstić information content (AvgIpc) is 3.07. The van der Waals surface area contributed by atoms with Gasteiger partial charge in [-0.2, -0.15) is 0 Å². The average molecular weight is 409 g/mol. The van der Waals surface area contributed by atoms with Gasteiger partial charge in [-0.3, -0.25) is 14.3 Å². The second kappa shape index (κ2) is 9.28. The number of nitrogens with one attached hydrogen (secondary N) is 1. The van der Waals surface area contributed by atoms with Crippen molar-refractivity contribution >= 4 is 17.0 Å². The second-order valence-electron chi connectivity index (χ2n) is 7.91. The van der Waals surface area contributed by atoms with E-state index in [0.29, 0.717) is 24.2 Å². The van der Waals surface area contributed by atoms with E-state index in [4.69, 9.17) is 4.42 Å². The predicted molar refractivity (Wildman–Crippen MR) is 116 cm³/mol. The summed E-state index contributed by atoms with van der Waals surface area (Å²) in [5.41, 5.74) is 3.61. The third-order valence-corrected chi connectivity index (χ3v) is 5.62. The van der Waals surface area contributed by atoms with Gasteiger partial charge in [0.1, 0.15) is 0 Å². The van der Waals surface area contributed by atoms with Gasteiger partial charge < -0.3 is 14.6 Å². The van der Waals surface area contributed by atoms with Crippen LogP contribution in [0.4, 0.5) is 0 Å². The molecule has 0 radical (unpaired) electrons. The summed E-state index contributed by atoms with van der Waals surface area (Å²) in [7, 11) is 2.16. The Labute approximate surface area is 175 Å². The highest BCUT2D eigenvalue weighted by Gasteiger charge is 2.14. The Morgan fingerprint density at radius 3 is 2.63 bits per heavy atom. The molecule has 1 aliphatic rings. The van der Waals surface area contributed by atoms with Crippen LogP contribution in [0.3, 0.4) is 0 Å². The molecule has 0 aliphatic carbocycles. The number of piperazine rings is 1. The smallest absolute Gasteiger partial charge is 0.408 e. The number of nitrogens with zero attached hydrogens (tertiary/aromatic N) is 3. The van der Waals surface area contributed by atoms with Gasteiger partial charge in [-0.05, 0) is 30.3 Å². The molecule has 7 nitrogen and oxygen atoms in total. The molecule has 0 unspecified atom stereocenters. The minimum atomic E-state index is -0.430. The number of hydrogen-bond donors (Lipinski definition) is 1. The fourth-order valence-electron chi connectivity index (χ4n) is 3.83. The van der Waals surface area contributed by atoms with Gasteiger partial charge in [0.2, 0.25) is 5.91 Å². The zero-order valence-electron chi connectivity index (χ0n) is 17.3. The van der Waals surface area contributed by atoms with Crippen LogP contribution in [-0.4, -0.2) is 53.5 Å². The molecule has 1 N–H and O–H groups in total. The second-order valence-corrected chi connectivity index (χ2v) is 7.91. The highest BCUT2D eigenvalue weighted by atomic mass is 16.4. The number of aromatic nitrogens is 1. The summed E-state index contributed by atoms with van der Waals surface area (Å²) in [5.74, 6) is -0.516. The number of carbonyl (C=O) groups is 1. The molecule has 1 aliphatic heterocycles. The minimum absolute atomic E-state index is 0.0864. The van der Waals surface area contributed by atoms with E-state index in [2.05, 4.69) is 34.3 Å². The van der Waals surface area contributed by atoms with E-state index in [0.717, 1.165) is 38.3 Å². The first-order valence-corrected chi connectivity index (χ1v) is 10.4. The zero-order valence-corrected chi connectivity index (χ0v) is 17.3. The summed E-state index contributed by atoms with van der Waals surface area (Å²) in [4.78, 5) is 29.1. The molecule has 1 saturated heterocycles. The SMILES string of the molecule is CN1CCN(Cc2cccc(CNC(=O)CCn3c(=O)oc4ccccc43)c2)CC1. The van der Waals surface area contributed by atoms with E-state index in [9.17, 15) is 9.59 Å². The van der Waals surface area contributed by atoms with Crippen molar-refractivity contribution in [2.45, 2.75) is 26.1 Å². The van der Waals surface area contributed by atoms with Crippen molar-refractivity contribution in [2.24, 2.45) is 0 Å². The van der Waals surface area contributed by atoms with Gasteiger partial charge in [0, 0.05) is 52.2 Å². The molecule has 0 spiro atoms. The maximum atomic E-state index is 12.3. The highest BCUT2D eigenvalue weighted by Crippen LogP contribution is 2.13. The molecule has 0 atom stereocenters. The van der Waals surface area contributed by atoms with Crippen LogP contribution < -0.4 is 11.1 Å². The molecule has 0 saturated carbocycles. The van der Waals surface area contributed by atoms with E-state index in [1.54, 1.807) is 6.07 Å². The molecule has 2 aromatic carbocycles. The topological polar surface area (TPSA) is 70.7 Å². The van der Waals surface area contributed by atoms with E-state index in [1.807, 2.05) is 30.3 Å². The van der Waals surface area contributed by atoms with Crippen LogP contribution in [-0.2, 0) is 24.4 Å². The highest BCUT2D eigenvalue weighted by molar-refractivity contribution is 5.76. The number of hydrogen-bond acceptors (Lipinski definition) is 5. The van der Waals surface area contributed by atoms with Crippen LogP contribution in [0.5, 0.6) is 0 Å². The lowest BCUT2D eigenvalue weighted by atomic mass is 10.1. The van der Waals surface area contributed by atoms with Crippen molar-refractivity contribution < 1.29 is 9.21 Å². The first-order valence-electron chi connectivity index (χ1n) is 10.4. The summed E-state index contributed by atoms with van der Waals surface area (Å²) in [6.45, 7) is 6.09. The summed E-state index contributed by atoms with van der Waals surface area (Å²) >= 11 is 0. The molecule has 7 heteroatoms. The summed E-state index contributed by atoms with van der Waals surface area (Å²) < 4.78 is 6.72. The lowest BCUT2D eigenvalue weighted by molar-refractivity contribution is -0.121. The van der Waals surface area contributed by atoms with Crippen LogP contribution in [0.1, 0.15) is 17.5 Å².